The van der Waals surface area contributed by atoms with Crippen LogP contribution in [0.5, 0.6) is 0 Å². The molecule has 9 nitrogen and oxygen atoms in total. The van der Waals surface area contributed by atoms with E-state index in [0.717, 1.165) is 6.42 Å². The number of hydrogen-bond acceptors (Lipinski definition) is 6. The van der Waals surface area contributed by atoms with Crippen LogP contribution >= 0.6 is 11.3 Å². The Hall–Kier alpha value is -1.98. The summed E-state index contributed by atoms with van der Waals surface area (Å²) in [6.07, 6.45) is 2.35. The molecule has 0 saturated carbocycles. The monoisotopic (exact) mass is 398 g/mol. The first kappa shape index (κ1) is 18.8. The van der Waals surface area contributed by atoms with Crippen molar-refractivity contribution >= 4 is 27.4 Å². The lowest BCUT2D eigenvalue weighted by Crippen LogP contribution is -2.38. The Morgan fingerprint density at radius 3 is 2.96 bits per heavy atom. The standard InChI is InChI=1S/C15H22N6O3S2/c1-2-21-18-10-13(19-21)9-17-15(22)16-8-12-5-6-20(11-12)26(23,24)14-4-3-7-25-14/h3-4,7,10,12H,2,5-6,8-9,11H2,1H3,(H2,16,17,22). The lowest BCUT2D eigenvalue weighted by molar-refractivity contribution is 0.238. The van der Waals surface area contributed by atoms with Gasteiger partial charge in [-0.05, 0) is 30.7 Å². The van der Waals surface area contributed by atoms with Crippen molar-refractivity contribution in [2.24, 2.45) is 5.92 Å². The molecule has 0 aliphatic carbocycles. The molecule has 1 saturated heterocycles. The van der Waals surface area contributed by atoms with Crippen LogP contribution in [0.2, 0.25) is 0 Å². The summed E-state index contributed by atoms with van der Waals surface area (Å²) in [5.41, 5.74) is 0.691. The minimum atomic E-state index is -3.41. The van der Waals surface area contributed by atoms with Gasteiger partial charge in [0.2, 0.25) is 0 Å². The maximum atomic E-state index is 12.5. The molecule has 1 aliphatic rings. The highest BCUT2D eigenvalue weighted by atomic mass is 32.2. The Balaban J connectivity index is 1.42. The number of sulfonamides is 1. The van der Waals surface area contributed by atoms with Gasteiger partial charge in [0, 0.05) is 19.6 Å². The molecule has 2 aromatic rings. The number of thiophene rings is 1. The first-order valence-electron chi connectivity index (χ1n) is 8.43. The Labute approximate surface area is 156 Å². The molecule has 26 heavy (non-hydrogen) atoms. The van der Waals surface area contributed by atoms with Gasteiger partial charge in [-0.1, -0.05) is 6.07 Å². The molecule has 0 radical (unpaired) electrons. The fourth-order valence-electron chi connectivity index (χ4n) is 2.76. The van der Waals surface area contributed by atoms with E-state index in [2.05, 4.69) is 20.8 Å². The van der Waals surface area contributed by atoms with Crippen LogP contribution in [0.15, 0.2) is 27.9 Å². The number of carbonyl (C=O) groups excluding carboxylic acids is 1. The van der Waals surface area contributed by atoms with Crippen LogP contribution in [-0.2, 0) is 23.1 Å². The number of aromatic nitrogens is 3. The quantitative estimate of drug-likeness (QED) is 0.719. The molecule has 3 rings (SSSR count). The minimum absolute atomic E-state index is 0.108. The summed E-state index contributed by atoms with van der Waals surface area (Å²) in [6, 6.07) is 3.06. The first-order valence-corrected chi connectivity index (χ1v) is 10.8. The van der Waals surface area contributed by atoms with Crippen molar-refractivity contribution in [3.05, 3.63) is 29.4 Å². The van der Waals surface area contributed by atoms with E-state index >= 15 is 0 Å². The summed E-state index contributed by atoms with van der Waals surface area (Å²) in [4.78, 5) is 13.5. The van der Waals surface area contributed by atoms with E-state index in [-0.39, 0.29) is 11.9 Å². The van der Waals surface area contributed by atoms with Crippen LogP contribution in [-0.4, -0.2) is 53.4 Å². The van der Waals surface area contributed by atoms with E-state index in [1.54, 1.807) is 28.5 Å². The second-order valence-corrected chi connectivity index (χ2v) is 9.15. The van der Waals surface area contributed by atoms with Gasteiger partial charge in [-0.25, -0.2) is 13.2 Å². The SMILES string of the molecule is CCn1ncc(CNC(=O)NCC2CCN(S(=O)(=O)c3cccs3)C2)n1. The van der Waals surface area contributed by atoms with Gasteiger partial charge in [-0.2, -0.15) is 19.3 Å². The fraction of sp³-hybridized carbons (Fsp3) is 0.533. The van der Waals surface area contributed by atoms with E-state index in [4.69, 9.17) is 0 Å². The highest BCUT2D eigenvalue weighted by Gasteiger charge is 2.33. The zero-order chi connectivity index (χ0) is 18.6. The minimum Gasteiger partial charge on any atom is -0.338 e. The van der Waals surface area contributed by atoms with Gasteiger partial charge in [0.05, 0.1) is 19.3 Å². The lowest BCUT2D eigenvalue weighted by Gasteiger charge is -2.15. The van der Waals surface area contributed by atoms with E-state index in [1.165, 1.54) is 15.6 Å². The second kappa shape index (κ2) is 8.14. The second-order valence-electron chi connectivity index (χ2n) is 6.04. The zero-order valence-electron chi connectivity index (χ0n) is 14.5. The predicted molar refractivity (Wildman–Crippen MR) is 97.1 cm³/mol. The third-order valence-corrected chi connectivity index (χ3v) is 7.42. The molecule has 11 heteroatoms. The first-order chi connectivity index (χ1) is 12.5. The summed E-state index contributed by atoms with van der Waals surface area (Å²) < 4.78 is 26.8. The van der Waals surface area contributed by atoms with Crippen molar-refractivity contribution in [1.29, 1.82) is 0 Å². The summed E-state index contributed by atoms with van der Waals surface area (Å²) in [5, 5.41) is 15.5. The van der Waals surface area contributed by atoms with E-state index in [1.807, 2.05) is 6.92 Å². The van der Waals surface area contributed by atoms with E-state index in [0.29, 0.717) is 42.6 Å². The van der Waals surface area contributed by atoms with Gasteiger partial charge in [0.1, 0.15) is 9.90 Å². The van der Waals surface area contributed by atoms with Crippen LogP contribution in [0.3, 0.4) is 0 Å². The Morgan fingerprint density at radius 2 is 2.27 bits per heavy atom. The van der Waals surface area contributed by atoms with Gasteiger partial charge in [-0.3, -0.25) is 0 Å². The van der Waals surface area contributed by atoms with Crippen molar-refractivity contribution in [2.45, 2.75) is 30.6 Å². The topological polar surface area (TPSA) is 109 Å². The van der Waals surface area contributed by atoms with E-state index < -0.39 is 10.0 Å². The third-order valence-electron chi connectivity index (χ3n) is 4.19. The smallest absolute Gasteiger partial charge is 0.315 e. The molecule has 2 amide bonds. The largest absolute Gasteiger partial charge is 0.338 e. The van der Waals surface area contributed by atoms with Crippen LogP contribution in [0, 0.1) is 5.92 Å². The third kappa shape index (κ3) is 4.40. The molecule has 142 valence electrons. The summed E-state index contributed by atoms with van der Waals surface area (Å²) in [7, 11) is -3.41. The number of urea groups is 1. The molecule has 1 aliphatic heterocycles. The molecular weight excluding hydrogens is 376 g/mol. The van der Waals surface area contributed by atoms with Crippen molar-refractivity contribution < 1.29 is 13.2 Å². The summed E-state index contributed by atoms with van der Waals surface area (Å²) >= 11 is 1.22. The maximum absolute atomic E-state index is 12.5. The predicted octanol–water partition coefficient (Wildman–Crippen LogP) is 0.869. The number of carbonyl (C=O) groups is 1. The highest BCUT2D eigenvalue weighted by molar-refractivity contribution is 7.91. The van der Waals surface area contributed by atoms with Crippen LogP contribution < -0.4 is 10.6 Å². The van der Waals surface area contributed by atoms with Gasteiger partial charge in [0.25, 0.3) is 10.0 Å². The zero-order valence-corrected chi connectivity index (χ0v) is 16.1. The van der Waals surface area contributed by atoms with Crippen molar-refractivity contribution in [3.63, 3.8) is 0 Å². The summed E-state index contributed by atoms with van der Waals surface area (Å²) in [5.74, 6) is 0.108. The average molecular weight is 399 g/mol. The number of nitrogens with one attached hydrogen (secondary N) is 2. The molecule has 1 atom stereocenters. The lowest BCUT2D eigenvalue weighted by atomic mass is 10.1. The molecule has 0 aromatic carbocycles. The van der Waals surface area contributed by atoms with Crippen LogP contribution in [0.25, 0.3) is 0 Å². The normalized spacial score (nSPS) is 18.1. The van der Waals surface area contributed by atoms with Crippen molar-refractivity contribution in [1.82, 2.24) is 29.9 Å². The number of nitrogens with zero attached hydrogens (tertiary/aromatic N) is 4. The van der Waals surface area contributed by atoms with Crippen LogP contribution in [0.4, 0.5) is 4.79 Å². The van der Waals surface area contributed by atoms with Gasteiger partial charge >= 0.3 is 6.03 Å². The Kier molecular flexibility index (Phi) is 5.89. The molecule has 1 unspecified atom stereocenters. The molecule has 2 aromatic heterocycles. The molecule has 0 spiro atoms. The fourth-order valence-corrected chi connectivity index (χ4v) is 5.43. The van der Waals surface area contributed by atoms with Crippen LogP contribution in [0.1, 0.15) is 19.0 Å². The Bertz CT molecular complexity index is 833. The maximum Gasteiger partial charge on any atom is 0.315 e. The molecule has 3 heterocycles. The average Bonchev–Trinajstić information content (AvgIpc) is 3.39. The summed E-state index contributed by atoms with van der Waals surface area (Å²) in [6.45, 7) is 4.26. The van der Waals surface area contributed by atoms with Gasteiger partial charge in [-0.15, -0.1) is 11.3 Å². The van der Waals surface area contributed by atoms with Gasteiger partial charge in [0.15, 0.2) is 0 Å². The molecule has 2 N–H and O–H groups in total. The van der Waals surface area contributed by atoms with Crippen molar-refractivity contribution in [3.8, 4) is 0 Å². The van der Waals surface area contributed by atoms with E-state index in [9.17, 15) is 13.2 Å². The van der Waals surface area contributed by atoms with Crippen molar-refractivity contribution in [2.75, 3.05) is 19.6 Å². The van der Waals surface area contributed by atoms with Gasteiger partial charge < -0.3 is 10.6 Å². The molecule has 1 fully saturated rings. The molecular formula is C15H22N6O3S2. The number of amides is 2. The number of aryl methyl sites for hydroxylation is 1. The highest BCUT2D eigenvalue weighted by Crippen LogP contribution is 2.26. The molecule has 0 bridgehead atoms. The number of rotatable bonds is 7. The Morgan fingerprint density at radius 1 is 1.42 bits per heavy atom. The number of hydrogen-bond donors (Lipinski definition) is 2.